The Morgan fingerprint density at radius 1 is 1.19 bits per heavy atom. The molecule has 2 heteroatoms. The molecule has 2 rings (SSSR count). The molecule has 21 heavy (non-hydrogen) atoms. The number of unbranched alkanes of at least 4 members (excludes halogenated alkanes) is 2. The third kappa shape index (κ3) is 5.35. The van der Waals surface area contributed by atoms with Crippen LogP contribution in [0.4, 0.5) is 5.69 Å². The lowest BCUT2D eigenvalue weighted by Crippen LogP contribution is -2.35. The van der Waals surface area contributed by atoms with Crippen LogP contribution in [0.3, 0.4) is 0 Å². The average molecular weight is 288 g/mol. The van der Waals surface area contributed by atoms with E-state index >= 15 is 0 Å². The second-order valence-corrected chi connectivity index (χ2v) is 7.04. The van der Waals surface area contributed by atoms with Crippen molar-refractivity contribution in [3.8, 4) is 0 Å². The van der Waals surface area contributed by atoms with Crippen molar-refractivity contribution in [3.05, 3.63) is 29.8 Å². The lowest BCUT2D eigenvalue weighted by molar-refractivity contribution is 0.507. The lowest BCUT2D eigenvalue weighted by atomic mass is 9.94. The molecule has 1 heterocycles. The summed E-state index contributed by atoms with van der Waals surface area (Å²) >= 11 is 0. The Morgan fingerprint density at radius 2 is 2.00 bits per heavy atom. The van der Waals surface area contributed by atoms with Gasteiger partial charge in [0, 0.05) is 18.8 Å². The third-order valence-electron chi connectivity index (χ3n) is 4.27. The minimum absolute atomic E-state index is 0.760. The summed E-state index contributed by atoms with van der Waals surface area (Å²) in [6, 6.07) is 8.95. The van der Waals surface area contributed by atoms with Gasteiger partial charge in [-0.2, -0.15) is 0 Å². The van der Waals surface area contributed by atoms with E-state index < -0.39 is 0 Å². The summed E-state index contributed by atoms with van der Waals surface area (Å²) in [7, 11) is 0. The summed E-state index contributed by atoms with van der Waals surface area (Å²) < 4.78 is 0. The minimum atomic E-state index is 0.760. The van der Waals surface area contributed by atoms with E-state index in [1.165, 1.54) is 56.6 Å². The van der Waals surface area contributed by atoms with Gasteiger partial charge in [-0.15, -0.1) is 0 Å². The van der Waals surface area contributed by atoms with Crippen molar-refractivity contribution >= 4 is 5.69 Å². The predicted octanol–water partition coefficient (Wildman–Crippen LogP) is 4.10. The van der Waals surface area contributed by atoms with Crippen LogP contribution in [0, 0.1) is 11.8 Å². The molecule has 1 aliphatic heterocycles. The molecule has 0 bridgehead atoms. The normalized spacial score (nSPS) is 18.1. The van der Waals surface area contributed by atoms with Gasteiger partial charge in [-0.25, -0.2) is 0 Å². The minimum Gasteiger partial charge on any atom is -0.371 e. The second kappa shape index (κ2) is 8.43. The highest BCUT2D eigenvalue weighted by molar-refractivity contribution is 5.55. The van der Waals surface area contributed by atoms with Gasteiger partial charge in [-0.05, 0) is 55.8 Å². The van der Waals surface area contributed by atoms with Crippen LogP contribution in [0.2, 0.25) is 0 Å². The molecule has 0 amide bonds. The molecule has 0 aliphatic carbocycles. The zero-order valence-corrected chi connectivity index (χ0v) is 14.1. The molecule has 0 spiro atoms. The molecule has 0 saturated carbocycles. The van der Waals surface area contributed by atoms with Gasteiger partial charge in [0.05, 0.1) is 0 Å². The van der Waals surface area contributed by atoms with E-state index in [0.29, 0.717) is 0 Å². The van der Waals surface area contributed by atoms with E-state index in [9.17, 15) is 0 Å². The lowest BCUT2D eigenvalue weighted by Gasteiger charge is -2.35. The van der Waals surface area contributed by atoms with E-state index in [0.717, 1.165) is 18.4 Å². The number of anilines is 1. The Labute approximate surface area is 130 Å². The van der Waals surface area contributed by atoms with E-state index in [1.54, 1.807) is 0 Å². The number of fused-ring (bicyclic) bond motifs is 1. The van der Waals surface area contributed by atoms with Crippen molar-refractivity contribution in [2.45, 2.75) is 46.5 Å². The molecule has 0 aromatic heterocycles. The van der Waals surface area contributed by atoms with Crippen LogP contribution in [0.1, 0.15) is 45.6 Å². The molecule has 0 fully saturated rings. The van der Waals surface area contributed by atoms with Gasteiger partial charge in [0.15, 0.2) is 0 Å². The third-order valence-corrected chi connectivity index (χ3v) is 4.27. The SMILES string of the molecule is CC(C)CNCCCCCN1CC(C)Cc2ccccc21. The molecule has 2 nitrogen and oxygen atoms in total. The highest BCUT2D eigenvalue weighted by atomic mass is 15.1. The highest BCUT2D eigenvalue weighted by Gasteiger charge is 2.20. The Bertz CT molecular complexity index is 414. The quantitative estimate of drug-likeness (QED) is 0.724. The fourth-order valence-electron chi connectivity index (χ4n) is 3.24. The topological polar surface area (TPSA) is 15.3 Å². The fraction of sp³-hybridized carbons (Fsp3) is 0.684. The van der Waals surface area contributed by atoms with Crippen molar-refractivity contribution in [3.63, 3.8) is 0 Å². The second-order valence-electron chi connectivity index (χ2n) is 7.04. The van der Waals surface area contributed by atoms with Gasteiger partial charge < -0.3 is 10.2 Å². The van der Waals surface area contributed by atoms with E-state index in [2.05, 4.69) is 55.3 Å². The molecule has 1 aromatic carbocycles. The van der Waals surface area contributed by atoms with Crippen LogP contribution in [0.5, 0.6) is 0 Å². The number of hydrogen-bond acceptors (Lipinski definition) is 2. The summed E-state index contributed by atoms with van der Waals surface area (Å²) in [6.07, 6.45) is 5.19. The first kappa shape index (κ1) is 16.4. The number of hydrogen-bond donors (Lipinski definition) is 1. The molecule has 0 radical (unpaired) electrons. The van der Waals surface area contributed by atoms with Crippen LogP contribution in [-0.2, 0) is 6.42 Å². The predicted molar refractivity (Wildman–Crippen MR) is 93.1 cm³/mol. The van der Waals surface area contributed by atoms with Crippen molar-refractivity contribution in [1.29, 1.82) is 0 Å². The monoisotopic (exact) mass is 288 g/mol. The van der Waals surface area contributed by atoms with Gasteiger partial charge in [0.2, 0.25) is 0 Å². The van der Waals surface area contributed by atoms with Crippen LogP contribution in [0.25, 0.3) is 0 Å². The van der Waals surface area contributed by atoms with Crippen molar-refractivity contribution < 1.29 is 0 Å². The maximum absolute atomic E-state index is 3.53. The summed E-state index contributed by atoms with van der Waals surface area (Å²) in [5.41, 5.74) is 3.02. The van der Waals surface area contributed by atoms with Crippen molar-refractivity contribution in [2.75, 3.05) is 31.1 Å². The van der Waals surface area contributed by atoms with E-state index in [1.807, 2.05) is 0 Å². The van der Waals surface area contributed by atoms with Gasteiger partial charge in [0.1, 0.15) is 0 Å². The summed E-state index contributed by atoms with van der Waals surface area (Å²) in [4.78, 5) is 2.60. The van der Waals surface area contributed by atoms with Crippen LogP contribution in [-0.4, -0.2) is 26.2 Å². The Kier molecular flexibility index (Phi) is 6.56. The fourth-order valence-corrected chi connectivity index (χ4v) is 3.24. The molecule has 118 valence electrons. The van der Waals surface area contributed by atoms with Gasteiger partial charge in [-0.1, -0.05) is 45.4 Å². The molecule has 1 atom stereocenters. The standard InChI is InChI=1S/C19H32N2/c1-16(2)14-20-11-7-4-8-12-21-15-17(3)13-18-9-5-6-10-19(18)21/h5-6,9-10,16-17,20H,4,7-8,11-15H2,1-3H3. The molecule has 1 aromatic rings. The Hall–Kier alpha value is -1.02. The summed E-state index contributed by atoms with van der Waals surface area (Å²) in [6.45, 7) is 11.7. The van der Waals surface area contributed by atoms with Crippen molar-refractivity contribution in [2.24, 2.45) is 11.8 Å². The Balaban J connectivity index is 1.69. The first-order chi connectivity index (χ1) is 10.2. The number of nitrogens with one attached hydrogen (secondary N) is 1. The number of nitrogens with zero attached hydrogens (tertiary/aromatic N) is 1. The molecule has 1 unspecified atom stereocenters. The van der Waals surface area contributed by atoms with E-state index in [4.69, 9.17) is 0 Å². The van der Waals surface area contributed by atoms with Crippen LogP contribution >= 0.6 is 0 Å². The zero-order valence-electron chi connectivity index (χ0n) is 14.1. The first-order valence-electron chi connectivity index (χ1n) is 8.70. The van der Waals surface area contributed by atoms with Crippen molar-refractivity contribution in [1.82, 2.24) is 5.32 Å². The molecular formula is C19H32N2. The molecule has 0 saturated heterocycles. The smallest absolute Gasteiger partial charge is 0.0398 e. The number of rotatable bonds is 8. The highest BCUT2D eigenvalue weighted by Crippen LogP contribution is 2.29. The molecule has 1 aliphatic rings. The average Bonchev–Trinajstić information content (AvgIpc) is 2.45. The molecule has 1 N–H and O–H groups in total. The first-order valence-corrected chi connectivity index (χ1v) is 8.70. The largest absolute Gasteiger partial charge is 0.371 e. The maximum atomic E-state index is 3.53. The number of para-hydroxylation sites is 1. The summed E-state index contributed by atoms with van der Waals surface area (Å²) in [5.74, 6) is 1.55. The van der Waals surface area contributed by atoms with Crippen LogP contribution in [0.15, 0.2) is 24.3 Å². The van der Waals surface area contributed by atoms with Gasteiger partial charge in [-0.3, -0.25) is 0 Å². The van der Waals surface area contributed by atoms with E-state index in [-0.39, 0.29) is 0 Å². The Morgan fingerprint density at radius 3 is 2.81 bits per heavy atom. The maximum Gasteiger partial charge on any atom is 0.0398 e. The molecular weight excluding hydrogens is 256 g/mol. The van der Waals surface area contributed by atoms with Gasteiger partial charge >= 0.3 is 0 Å². The van der Waals surface area contributed by atoms with Gasteiger partial charge in [0.25, 0.3) is 0 Å². The van der Waals surface area contributed by atoms with Crippen LogP contribution < -0.4 is 10.2 Å². The summed E-state index contributed by atoms with van der Waals surface area (Å²) in [5, 5.41) is 3.53. The number of benzene rings is 1. The zero-order chi connectivity index (χ0) is 15.1.